The van der Waals surface area contributed by atoms with E-state index < -0.39 is 30.2 Å². The molecule has 4 rings (SSSR count). The van der Waals surface area contributed by atoms with Crippen LogP contribution in [0.1, 0.15) is 0 Å². The number of phosphoric ester groups is 1. The average molecular weight is 540 g/mol. The molecule has 0 spiro atoms. The summed E-state index contributed by atoms with van der Waals surface area (Å²) >= 11 is 6.03. The average Bonchev–Trinajstić information content (AvgIpc) is 2.84. The number of piperazine rings is 1. The van der Waals surface area contributed by atoms with Crippen molar-refractivity contribution in [3.8, 4) is 22.6 Å². The summed E-state index contributed by atoms with van der Waals surface area (Å²) in [6, 6.07) is 12.8. The maximum Gasteiger partial charge on any atom is 0.469 e. The molecule has 3 aromatic rings. The molecule has 0 amide bonds. The minimum absolute atomic E-state index is 0.195. The van der Waals surface area contributed by atoms with Crippen molar-refractivity contribution in [1.29, 1.82) is 0 Å². The zero-order valence-corrected chi connectivity index (χ0v) is 20.9. The van der Waals surface area contributed by atoms with Gasteiger partial charge in [-0.3, -0.25) is 9.51 Å². The highest BCUT2D eigenvalue weighted by molar-refractivity contribution is 7.89. The van der Waals surface area contributed by atoms with Gasteiger partial charge in [0, 0.05) is 60.8 Å². The first kappa shape index (κ1) is 25.6. The van der Waals surface area contributed by atoms with Gasteiger partial charge in [0.15, 0.2) is 5.82 Å². The number of pyridine rings is 1. The van der Waals surface area contributed by atoms with Crippen LogP contribution < -0.4 is 4.90 Å². The molecule has 35 heavy (non-hydrogen) atoms. The topological polar surface area (TPSA) is 146 Å². The van der Waals surface area contributed by atoms with E-state index in [1.165, 1.54) is 4.31 Å². The van der Waals surface area contributed by atoms with Crippen molar-refractivity contribution < 1.29 is 27.3 Å². The molecule has 1 aliphatic rings. The summed E-state index contributed by atoms with van der Waals surface area (Å²) in [7, 11) is -8.46. The van der Waals surface area contributed by atoms with E-state index in [4.69, 9.17) is 31.4 Å². The van der Waals surface area contributed by atoms with Crippen LogP contribution in [0, 0.1) is 0 Å². The highest BCUT2D eigenvalue weighted by Crippen LogP contribution is 2.35. The number of halogens is 1. The molecular weight excluding hydrogens is 517 g/mol. The maximum absolute atomic E-state index is 12.6. The van der Waals surface area contributed by atoms with Crippen LogP contribution in [-0.4, -0.2) is 76.0 Å². The summed E-state index contributed by atoms with van der Waals surface area (Å²) in [6.45, 7) is 0.559. The Labute approximate surface area is 207 Å². The summed E-state index contributed by atoms with van der Waals surface area (Å²) in [5, 5.41) is 0.610. The summed E-state index contributed by atoms with van der Waals surface area (Å²) in [5.41, 5.74) is 2.29. The van der Waals surface area contributed by atoms with Crippen molar-refractivity contribution in [2.45, 2.75) is 0 Å². The Hall–Kier alpha value is -2.44. The molecule has 3 heterocycles. The van der Waals surface area contributed by atoms with Gasteiger partial charge in [0.25, 0.3) is 0 Å². The zero-order valence-electron chi connectivity index (χ0n) is 18.4. The van der Waals surface area contributed by atoms with Crippen molar-refractivity contribution in [3.05, 3.63) is 59.9 Å². The number of sulfonamides is 1. The van der Waals surface area contributed by atoms with Crippen molar-refractivity contribution in [3.63, 3.8) is 0 Å². The number of phosphoric acid groups is 1. The fourth-order valence-corrected chi connectivity index (χ4v) is 5.43. The molecule has 2 aromatic heterocycles. The predicted octanol–water partition coefficient (Wildman–Crippen LogP) is 2.42. The lowest BCUT2D eigenvalue weighted by molar-refractivity contribution is 0.206. The third-order valence-corrected chi connectivity index (χ3v) is 7.93. The van der Waals surface area contributed by atoms with Crippen LogP contribution in [0.25, 0.3) is 22.6 Å². The van der Waals surface area contributed by atoms with Gasteiger partial charge in [0.05, 0.1) is 18.1 Å². The Bertz CT molecular complexity index is 1320. The molecule has 14 heteroatoms. The van der Waals surface area contributed by atoms with Gasteiger partial charge < -0.3 is 14.7 Å². The Morgan fingerprint density at radius 1 is 1.03 bits per heavy atom. The van der Waals surface area contributed by atoms with E-state index in [1.54, 1.807) is 30.6 Å². The van der Waals surface area contributed by atoms with Crippen molar-refractivity contribution in [1.82, 2.24) is 19.3 Å². The first-order valence-electron chi connectivity index (χ1n) is 10.6. The van der Waals surface area contributed by atoms with Crippen LogP contribution in [0.3, 0.4) is 0 Å². The Morgan fingerprint density at radius 3 is 2.37 bits per heavy atom. The predicted molar refractivity (Wildman–Crippen MR) is 131 cm³/mol. The molecular formula is C21H23ClN5O6PS. The van der Waals surface area contributed by atoms with E-state index in [9.17, 15) is 13.0 Å². The third-order valence-electron chi connectivity index (χ3n) is 5.33. The molecule has 1 saturated heterocycles. The lowest BCUT2D eigenvalue weighted by Crippen LogP contribution is -2.49. The number of benzene rings is 1. The molecule has 0 aliphatic carbocycles. The minimum atomic E-state index is -4.72. The van der Waals surface area contributed by atoms with Gasteiger partial charge in [-0.15, -0.1) is 0 Å². The third kappa shape index (κ3) is 6.83. The molecule has 0 bridgehead atoms. The Kier molecular flexibility index (Phi) is 7.82. The van der Waals surface area contributed by atoms with Gasteiger partial charge >= 0.3 is 7.82 Å². The second kappa shape index (κ2) is 10.7. The Balaban J connectivity index is 1.54. The lowest BCUT2D eigenvalue weighted by Gasteiger charge is -2.35. The summed E-state index contributed by atoms with van der Waals surface area (Å²) in [4.78, 5) is 33.1. The van der Waals surface area contributed by atoms with Crippen LogP contribution in [0.5, 0.6) is 0 Å². The van der Waals surface area contributed by atoms with E-state index in [0.29, 0.717) is 35.4 Å². The molecule has 0 saturated carbocycles. The Morgan fingerprint density at radius 2 is 1.74 bits per heavy atom. The number of anilines is 1. The lowest BCUT2D eigenvalue weighted by atomic mass is 10.1. The van der Waals surface area contributed by atoms with Gasteiger partial charge in [-0.05, 0) is 24.3 Å². The number of hydrogen-bond acceptors (Lipinski definition) is 8. The number of aromatic nitrogens is 3. The largest absolute Gasteiger partial charge is 0.469 e. The molecule has 0 radical (unpaired) electrons. The van der Waals surface area contributed by atoms with E-state index in [-0.39, 0.29) is 13.1 Å². The first-order valence-corrected chi connectivity index (χ1v) is 14.1. The quantitative estimate of drug-likeness (QED) is 0.409. The van der Waals surface area contributed by atoms with Crippen LogP contribution in [0.4, 0.5) is 5.82 Å². The molecule has 1 aliphatic heterocycles. The van der Waals surface area contributed by atoms with Crippen molar-refractivity contribution >= 4 is 35.3 Å². The fourth-order valence-electron chi connectivity index (χ4n) is 3.58. The summed E-state index contributed by atoms with van der Waals surface area (Å²) in [5.74, 6) is 0.619. The first-order chi connectivity index (χ1) is 16.6. The highest BCUT2D eigenvalue weighted by atomic mass is 35.5. The van der Waals surface area contributed by atoms with E-state index >= 15 is 0 Å². The van der Waals surface area contributed by atoms with Gasteiger partial charge in [0.2, 0.25) is 10.0 Å². The summed E-state index contributed by atoms with van der Waals surface area (Å²) in [6.07, 6.45) is 3.34. The van der Waals surface area contributed by atoms with Gasteiger partial charge in [-0.25, -0.2) is 23.0 Å². The zero-order chi connectivity index (χ0) is 25.1. The normalized spacial score (nSPS) is 15.3. The van der Waals surface area contributed by atoms with Crippen LogP contribution in [0.15, 0.2) is 54.9 Å². The highest BCUT2D eigenvalue weighted by Gasteiger charge is 2.28. The SMILES string of the molecule is O=P(O)(O)OCCS(=O)(=O)N1CCN(c2cc(-c3ccc(Cl)cc3)nc(-c3cccnc3)n2)CC1. The standard InChI is InChI=1S/C21H23ClN5O6PS/c22-18-5-3-16(4-6-18)19-14-20(25-21(24-19)17-2-1-7-23-15-17)26-8-10-27(11-9-26)35(31,32)13-12-33-34(28,29)30/h1-7,14-15H,8-13H2,(H2,28,29,30). The molecule has 0 unspecified atom stereocenters. The van der Waals surface area contributed by atoms with Crippen LogP contribution in [-0.2, 0) is 19.1 Å². The van der Waals surface area contributed by atoms with E-state index in [2.05, 4.69) is 9.51 Å². The number of rotatable bonds is 8. The fraction of sp³-hybridized carbons (Fsp3) is 0.286. The van der Waals surface area contributed by atoms with Crippen molar-refractivity contribution in [2.75, 3.05) is 43.4 Å². The second-order valence-electron chi connectivity index (χ2n) is 7.71. The van der Waals surface area contributed by atoms with E-state index in [1.807, 2.05) is 29.2 Å². The van der Waals surface area contributed by atoms with Gasteiger partial charge in [-0.2, -0.15) is 4.31 Å². The molecule has 1 fully saturated rings. The van der Waals surface area contributed by atoms with Crippen molar-refractivity contribution in [2.24, 2.45) is 0 Å². The van der Waals surface area contributed by atoms with Gasteiger partial charge in [-0.1, -0.05) is 23.7 Å². The van der Waals surface area contributed by atoms with E-state index in [0.717, 1.165) is 11.1 Å². The molecule has 2 N–H and O–H groups in total. The smallest absolute Gasteiger partial charge is 0.354 e. The maximum atomic E-state index is 12.6. The minimum Gasteiger partial charge on any atom is -0.354 e. The molecule has 1 aromatic carbocycles. The number of hydrogen-bond donors (Lipinski definition) is 2. The summed E-state index contributed by atoms with van der Waals surface area (Å²) < 4.78 is 41.5. The second-order valence-corrected chi connectivity index (χ2v) is 11.5. The van der Waals surface area contributed by atoms with Crippen LogP contribution >= 0.6 is 19.4 Å². The van der Waals surface area contributed by atoms with Gasteiger partial charge in [0.1, 0.15) is 5.82 Å². The monoisotopic (exact) mass is 539 g/mol. The molecule has 0 atom stereocenters. The molecule has 11 nitrogen and oxygen atoms in total. The van der Waals surface area contributed by atoms with Crippen LogP contribution in [0.2, 0.25) is 5.02 Å². The molecule has 186 valence electrons. The number of nitrogens with zero attached hydrogens (tertiary/aromatic N) is 5.